The molecular formula is C30H31ClFN5O3. The first-order valence-corrected chi connectivity index (χ1v) is 12.8. The van der Waals surface area contributed by atoms with Crippen LogP contribution in [-0.2, 0) is 9.59 Å². The number of benzene rings is 3. The Hall–Kier alpha value is -4.50. The minimum absolute atomic E-state index is 0.250. The number of aryl methyl sites for hydroxylation is 3. The van der Waals surface area contributed by atoms with Gasteiger partial charge in [0.2, 0.25) is 5.96 Å². The molecule has 4 N–H and O–H groups in total. The molecule has 0 spiro atoms. The number of amidine groups is 1. The third-order valence-electron chi connectivity index (χ3n) is 6.09. The van der Waals surface area contributed by atoms with Crippen molar-refractivity contribution in [1.82, 2.24) is 5.32 Å². The number of aliphatic imine (C=N–C) groups is 2. The summed E-state index contributed by atoms with van der Waals surface area (Å²) in [6.07, 6.45) is 0. The molecule has 3 aromatic carbocycles. The first-order valence-electron chi connectivity index (χ1n) is 12.4. The van der Waals surface area contributed by atoms with Crippen LogP contribution in [0.4, 0.5) is 15.8 Å². The molecule has 0 radical (unpaired) electrons. The molecule has 0 fully saturated rings. The second-order valence-corrected chi connectivity index (χ2v) is 9.61. The van der Waals surface area contributed by atoms with Crippen LogP contribution in [0.15, 0.2) is 81.9 Å². The highest BCUT2D eigenvalue weighted by Crippen LogP contribution is 2.35. The number of rotatable bonds is 4. The predicted octanol–water partition coefficient (Wildman–Crippen LogP) is 6.55. The molecule has 0 aliphatic carbocycles. The van der Waals surface area contributed by atoms with Crippen molar-refractivity contribution in [2.45, 2.75) is 40.7 Å². The second-order valence-electron chi connectivity index (χ2n) is 9.20. The van der Waals surface area contributed by atoms with E-state index in [4.69, 9.17) is 26.5 Å². The zero-order valence-corrected chi connectivity index (χ0v) is 23.6. The minimum Gasteiger partial charge on any atom is -0.483 e. The summed E-state index contributed by atoms with van der Waals surface area (Å²) in [6, 6.07) is 17.1. The standard InChI is InChI=1S/C29H29ClFN5O.CH2O2/c1-16-10-11-17(2)25(14-16)35-28(37)26-19(4)32-29(36-27(26)22-8-6-7-9-23(22)30)34-20(5)33-24-13-12-21(31)15-18(24)3;2-1-3/h6-15,27H,1-5H3,(H,35,37)(H2,32,33,34,36);1H,(H,2,3). The first-order chi connectivity index (χ1) is 19.0. The van der Waals surface area contributed by atoms with Gasteiger partial charge in [-0.2, -0.15) is 0 Å². The van der Waals surface area contributed by atoms with E-state index in [1.54, 1.807) is 19.1 Å². The van der Waals surface area contributed by atoms with Gasteiger partial charge in [-0.3, -0.25) is 9.59 Å². The van der Waals surface area contributed by atoms with Crippen molar-refractivity contribution in [3.8, 4) is 0 Å². The van der Waals surface area contributed by atoms with E-state index in [0.29, 0.717) is 33.7 Å². The second kappa shape index (κ2) is 13.5. The Labute approximate surface area is 237 Å². The molecule has 4 rings (SSSR count). The van der Waals surface area contributed by atoms with Crippen molar-refractivity contribution in [3.05, 3.63) is 105 Å². The van der Waals surface area contributed by atoms with E-state index >= 15 is 0 Å². The SMILES string of the molecule is CC1=C(C(=O)Nc2cc(C)ccc2C)C(c2ccccc2Cl)N=C(/N=C(/C)Nc2ccc(F)cc2C)N1.O=CO. The van der Waals surface area contributed by atoms with Crippen molar-refractivity contribution in [2.75, 3.05) is 10.6 Å². The molecule has 208 valence electrons. The fourth-order valence-electron chi connectivity index (χ4n) is 4.14. The van der Waals surface area contributed by atoms with Crippen LogP contribution < -0.4 is 16.0 Å². The molecule has 0 saturated heterocycles. The Morgan fingerprint density at radius 2 is 1.73 bits per heavy atom. The van der Waals surface area contributed by atoms with Crippen LogP contribution in [0, 0.1) is 26.6 Å². The van der Waals surface area contributed by atoms with E-state index in [0.717, 1.165) is 28.1 Å². The van der Waals surface area contributed by atoms with E-state index in [1.165, 1.54) is 12.1 Å². The molecule has 0 aromatic heterocycles. The highest BCUT2D eigenvalue weighted by Gasteiger charge is 2.31. The average Bonchev–Trinajstić information content (AvgIpc) is 2.88. The number of halogens is 2. The van der Waals surface area contributed by atoms with E-state index in [1.807, 2.05) is 64.1 Å². The summed E-state index contributed by atoms with van der Waals surface area (Å²) in [5, 5.41) is 16.8. The molecule has 10 heteroatoms. The molecule has 1 aliphatic rings. The third kappa shape index (κ3) is 7.54. The number of nitrogens with one attached hydrogen (secondary N) is 3. The third-order valence-corrected chi connectivity index (χ3v) is 6.44. The topological polar surface area (TPSA) is 115 Å². The van der Waals surface area contributed by atoms with Crippen LogP contribution >= 0.6 is 11.6 Å². The Balaban J connectivity index is 0.00000141. The zero-order valence-electron chi connectivity index (χ0n) is 22.8. The van der Waals surface area contributed by atoms with Crippen LogP contribution in [0.1, 0.15) is 42.1 Å². The maximum absolute atomic E-state index is 13.6. The molecule has 1 aliphatic heterocycles. The summed E-state index contributed by atoms with van der Waals surface area (Å²) in [5.74, 6) is 0.309. The van der Waals surface area contributed by atoms with E-state index in [-0.39, 0.29) is 18.2 Å². The van der Waals surface area contributed by atoms with Crippen molar-refractivity contribution >= 4 is 47.2 Å². The van der Waals surface area contributed by atoms with Gasteiger partial charge in [0.15, 0.2) is 0 Å². The molecule has 1 atom stereocenters. The Morgan fingerprint density at radius 1 is 1.02 bits per heavy atom. The maximum Gasteiger partial charge on any atom is 0.290 e. The van der Waals surface area contributed by atoms with Crippen molar-refractivity contribution in [3.63, 3.8) is 0 Å². The molecular weight excluding hydrogens is 533 g/mol. The number of allylic oxidation sites excluding steroid dienone is 1. The van der Waals surface area contributed by atoms with Crippen molar-refractivity contribution in [2.24, 2.45) is 9.98 Å². The van der Waals surface area contributed by atoms with Gasteiger partial charge in [-0.25, -0.2) is 14.4 Å². The normalized spacial score (nSPS) is 14.8. The van der Waals surface area contributed by atoms with Gasteiger partial charge >= 0.3 is 0 Å². The van der Waals surface area contributed by atoms with E-state index < -0.39 is 6.04 Å². The van der Waals surface area contributed by atoms with Gasteiger partial charge in [0.05, 0.1) is 5.57 Å². The fourth-order valence-corrected chi connectivity index (χ4v) is 4.38. The lowest BCUT2D eigenvalue weighted by Gasteiger charge is -2.26. The van der Waals surface area contributed by atoms with Crippen LogP contribution in [0.5, 0.6) is 0 Å². The summed E-state index contributed by atoms with van der Waals surface area (Å²) in [6.45, 7) is 9.10. The van der Waals surface area contributed by atoms with Gasteiger partial charge in [0.1, 0.15) is 17.7 Å². The summed E-state index contributed by atoms with van der Waals surface area (Å²) >= 11 is 6.55. The summed E-state index contributed by atoms with van der Waals surface area (Å²) < 4.78 is 13.5. The minimum atomic E-state index is -0.667. The van der Waals surface area contributed by atoms with Crippen LogP contribution in [0.25, 0.3) is 0 Å². The van der Waals surface area contributed by atoms with Crippen LogP contribution in [0.3, 0.4) is 0 Å². The average molecular weight is 564 g/mol. The molecule has 40 heavy (non-hydrogen) atoms. The van der Waals surface area contributed by atoms with Gasteiger partial charge in [0, 0.05) is 27.7 Å². The summed E-state index contributed by atoms with van der Waals surface area (Å²) in [7, 11) is 0. The number of carbonyl (C=O) groups is 2. The fraction of sp³-hybridized carbons (Fsp3) is 0.200. The number of carboxylic acid groups (broad SMARTS) is 1. The number of anilines is 2. The predicted molar refractivity (Wildman–Crippen MR) is 159 cm³/mol. The highest BCUT2D eigenvalue weighted by atomic mass is 35.5. The lowest BCUT2D eigenvalue weighted by molar-refractivity contribution is -0.122. The number of guanidine groups is 1. The van der Waals surface area contributed by atoms with Gasteiger partial charge in [-0.1, -0.05) is 41.9 Å². The van der Waals surface area contributed by atoms with E-state index in [9.17, 15) is 9.18 Å². The van der Waals surface area contributed by atoms with Crippen molar-refractivity contribution in [1.29, 1.82) is 0 Å². The largest absolute Gasteiger partial charge is 0.483 e. The molecule has 0 bridgehead atoms. The molecule has 3 aromatic rings. The summed E-state index contributed by atoms with van der Waals surface area (Å²) in [4.78, 5) is 31.3. The van der Waals surface area contributed by atoms with Gasteiger partial charge < -0.3 is 21.1 Å². The zero-order chi connectivity index (χ0) is 29.4. The molecule has 1 heterocycles. The Bertz CT molecular complexity index is 1520. The molecule has 8 nitrogen and oxygen atoms in total. The van der Waals surface area contributed by atoms with Crippen molar-refractivity contribution < 1.29 is 19.1 Å². The number of hydrogen-bond donors (Lipinski definition) is 4. The highest BCUT2D eigenvalue weighted by molar-refractivity contribution is 6.31. The molecule has 1 amide bonds. The first kappa shape index (κ1) is 30.0. The van der Waals surface area contributed by atoms with E-state index in [2.05, 4.69) is 20.9 Å². The van der Waals surface area contributed by atoms with Gasteiger partial charge in [0.25, 0.3) is 12.4 Å². The molecule has 0 saturated carbocycles. The molecule has 1 unspecified atom stereocenters. The van der Waals surface area contributed by atoms with Crippen LogP contribution in [-0.4, -0.2) is 29.3 Å². The number of amides is 1. The quantitative estimate of drug-likeness (QED) is 0.163. The number of nitrogens with zero attached hydrogens (tertiary/aromatic N) is 2. The monoisotopic (exact) mass is 563 g/mol. The lowest BCUT2D eigenvalue weighted by Crippen LogP contribution is -2.33. The summed E-state index contributed by atoms with van der Waals surface area (Å²) in [5.41, 5.74) is 6.01. The number of hydrogen-bond acceptors (Lipinski definition) is 5. The lowest BCUT2D eigenvalue weighted by atomic mass is 9.95. The Morgan fingerprint density at radius 3 is 2.40 bits per heavy atom. The Kier molecular flexibility index (Phi) is 10.2. The van der Waals surface area contributed by atoms with Gasteiger partial charge in [-0.05, 0) is 81.6 Å². The smallest absolute Gasteiger partial charge is 0.290 e. The number of carbonyl (C=O) groups excluding carboxylic acids is 1. The maximum atomic E-state index is 13.6. The van der Waals surface area contributed by atoms with Crippen LogP contribution in [0.2, 0.25) is 5.02 Å². The van der Waals surface area contributed by atoms with Gasteiger partial charge in [-0.15, -0.1) is 0 Å².